The first kappa shape index (κ1) is 10.3. The Morgan fingerprint density at radius 1 is 0.938 bits per heavy atom. The molecule has 1 atom stereocenters. The molecule has 2 aliphatic rings. The fourth-order valence-corrected chi connectivity index (χ4v) is 3.39. The van der Waals surface area contributed by atoms with Gasteiger partial charge in [0.2, 0.25) is 0 Å². The lowest BCUT2D eigenvalue weighted by molar-refractivity contribution is 0.243. The normalized spacial score (nSPS) is 27.6. The minimum Gasteiger partial charge on any atom is -0.300 e. The second-order valence-corrected chi connectivity index (χ2v) is 5.33. The zero-order chi connectivity index (χ0) is 10.8. The van der Waals surface area contributed by atoms with Crippen molar-refractivity contribution in [2.75, 3.05) is 13.1 Å². The van der Waals surface area contributed by atoms with Crippen molar-refractivity contribution in [1.29, 1.82) is 0 Å². The summed E-state index contributed by atoms with van der Waals surface area (Å²) in [6.07, 6.45) is 7.16. The molecule has 1 aliphatic heterocycles. The van der Waals surface area contributed by atoms with Gasteiger partial charge in [-0.25, -0.2) is 0 Å². The van der Waals surface area contributed by atoms with E-state index in [1.165, 1.54) is 45.2 Å². The first-order chi connectivity index (χ1) is 7.93. The van der Waals surface area contributed by atoms with E-state index in [-0.39, 0.29) is 0 Å². The fraction of sp³-hybridized carbons (Fsp3) is 0.600. The predicted octanol–water partition coefficient (Wildman–Crippen LogP) is 3.42. The fourth-order valence-electron chi connectivity index (χ4n) is 3.39. The van der Waals surface area contributed by atoms with Gasteiger partial charge in [-0.15, -0.1) is 0 Å². The Balaban J connectivity index is 1.64. The first-order valence-electron chi connectivity index (χ1n) is 6.72. The lowest BCUT2D eigenvalue weighted by Crippen LogP contribution is -2.30. The Labute approximate surface area is 98.5 Å². The standard InChI is InChI=1S/C15H21N/c1-2-6-13(7-3-1)14-10-11-16(12-14)15-8-4-5-9-15/h1-3,6-7,14-15H,4-5,8-12H2/t14-/m1/s1. The Bertz CT molecular complexity index is 327. The number of benzene rings is 1. The number of rotatable bonds is 2. The van der Waals surface area contributed by atoms with E-state index in [2.05, 4.69) is 35.2 Å². The molecule has 1 heterocycles. The van der Waals surface area contributed by atoms with E-state index in [4.69, 9.17) is 0 Å². The Morgan fingerprint density at radius 3 is 2.44 bits per heavy atom. The van der Waals surface area contributed by atoms with Crippen LogP contribution in [0.25, 0.3) is 0 Å². The summed E-state index contributed by atoms with van der Waals surface area (Å²) in [6, 6.07) is 12.0. The van der Waals surface area contributed by atoms with E-state index >= 15 is 0 Å². The zero-order valence-electron chi connectivity index (χ0n) is 9.94. The molecule has 0 aromatic heterocycles. The largest absolute Gasteiger partial charge is 0.300 e. The first-order valence-corrected chi connectivity index (χ1v) is 6.72. The summed E-state index contributed by atoms with van der Waals surface area (Å²) < 4.78 is 0. The van der Waals surface area contributed by atoms with Crippen molar-refractivity contribution < 1.29 is 0 Å². The average molecular weight is 215 g/mol. The van der Waals surface area contributed by atoms with Crippen LogP contribution in [0.4, 0.5) is 0 Å². The Hall–Kier alpha value is -0.820. The van der Waals surface area contributed by atoms with E-state index in [9.17, 15) is 0 Å². The summed E-state index contributed by atoms with van der Waals surface area (Å²) in [6.45, 7) is 2.62. The topological polar surface area (TPSA) is 3.24 Å². The quantitative estimate of drug-likeness (QED) is 0.730. The van der Waals surface area contributed by atoms with Gasteiger partial charge >= 0.3 is 0 Å². The van der Waals surface area contributed by atoms with Gasteiger partial charge in [0.25, 0.3) is 0 Å². The molecule has 1 aromatic rings. The van der Waals surface area contributed by atoms with E-state index in [1.54, 1.807) is 5.56 Å². The van der Waals surface area contributed by atoms with Gasteiger partial charge in [-0.1, -0.05) is 43.2 Å². The van der Waals surface area contributed by atoms with Crippen LogP contribution in [-0.4, -0.2) is 24.0 Å². The zero-order valence-corrected chi connectivity index (χ0v) is 9.94. The third kappa shape index (κ3) is 2.01. The van der Waals surface area contributed by atoms with E-state index in [1.807, 2.05) is 0 Å². The number of nitrogens with zero attached hydrogens (tertiary/aromatic N) is 1. The molecule has 1 saturated heterocycles. The van der Waals surface area contributed by atoms with Crippen molar-refractivity contribution in [3.8, 4) is 0 Å². The molecular weight excluding hydrogens is 194 g/mol. The minimum absolute atomic E-state index is 0.793. The molecule has 0 radical (unpaired) electrons. The highest BCUT2D eigenvalue weighted by Gasteiger charge is 2.30. The molecule has 1 saturated carbocycles. The maximum Gasteiger partial charge on any atom is 0.00955 e. The van der Waals surface area contributed by atoms with Crippen molar-refractivity contribution >= 4 is 0 Å². The number of hydrogen-bond donors (Lipinski definition) is 0. The summed E-state index contributed by atoms with van der Waals surface area (Å²) in [4.78, 5) is 2.74. The van der Waals surface area contributed by atoms with Crippen LogP contribution in [0.15, 0.2) is 30.3 Å². The van der Waals surface area contributed by atoms with Gasteiger partial charge in [0, 0.05) is 12.6 Å². The Morgan fingerprint density at radius 2 is 1.69 bits per heavy atom. The second-order valence-electron chi connectivity index (χ2n) is 5.33. The summed E-state index contributed by atoms with van der Waals surface area (Å²) in [7, 11) is 0. The van der Waals surface area contributed by atoms with E-state index in [0.717, 1.165) is 12.0 Å². The monoisotopic (exact) mass is 215 g/mol. The molecule has 1 nitrogen and oxygen atoms in total. The number of likely N-dealkylation sites (tertiary alicyclic amines) is 1. The molecule has 1 aromatic carbocycles. The SMILES string of the molecule is c1ccc([C@@H]2CCN(C3CCCC3)C2)cc1. The van der Waals surface area contributed by atoms with Crippen LogP contribution in [-0.2, 0) is 0 Å². The number of hydrogen-bond acceptors (Lipinski definition) is 1. The third-order valence-corrected chi connectivity index (χ3v) is 4.33. The van der Waals surface area contributed by atoms with Crippen molar-refractivity contribution in [1.82, 2.24) is 4.90 Å². The smallest absolute Gasteiger partial charge is 0.00955 e. The van der Waals surface area contributed by atoms with Gasteiger partial charge in [0.15, 0.2) is 0 Å². The molecule has 0 unspecified atom stereocenters. The van der Waals surface area contributed by atoms with Gasteiger partial charge < -0.3 is 0 Å². The molecule has 16 heavy (non-hydrogen) atoms. The minimum atomic E-state index is 0.793. The van der Waals surface area contributed by atoms with Gasteiger partial charge in [-0.05, 0) is 37.3 Å². The predicted molar refractivity (Wildman–Crippen MR) is 67.6 cm³/mol. The summed E-state index contributed by atoms with van der Waals surface area (Å²) in [5.74, 6) is 0.793. The molecule has 1 aliphatic carbocycles. The lowest BCUT2D eigenvalue weighted by atomic mass is 9.99. The van der Waals surface area contributed by atoms with Gasteiger partial charge in [0.05, 0.1) is 0 Å². The van der Waals surface area contributed by atoms with Crippen molar-refractivity contribution in [3.05, 3.63) is 35.9 Å². The molecule has 1 heteroatoms. The van der Waals surface area contributed by atoms with Gasteiger partial charge in [-0.3, -0.25) is 4.90 Å². The molecular formula is C15H21N. The lowest BCUT2D eigenvalue weighted by Gasteiger charge is -2.23. The van der Waals surface area contributed by atoms with Crippen LogP contribution in [0.5, 0.6) is 0 Å². The van der Waals surface area contributed by atoms with Gasteiger partial charge in [-0.2, -0.15) is 0 Å². The summed E-state index contributed by atoms with van der Waals surface area (Å²) in [5, 5.41) is 0. The molecule has 86 valence electrons. The summed E-state index contributed by atoms with van der Waals surface area (Å²) >= 11 is 0. The van der Waals surface area contributed by atoms with Crippen LogP contribution in [0.1, 0.15) is 43.6 Å². The van der Waals surface area contributed by atoms with Crippen LogP contribution in [0.2, 0.25) is 0 Å². The van der Waals surface area contributed by atoms with Crippen molar-refractivity contribution in [2.45, 2.75) is 44.1 Å². The van der Waals surface area contributed by atoms with Gasteiger partial charge in [0.1, 0.15) is 0 Å². The molecule has 0 N–H and O–H groups in total. The molecule has 3 rings (SSSR count). The van der Waals surface area contributed by atoms with Crippen molar-refractivity contribution in [3.63, 3.8) is 0 Å². The van der Waals surface area contributed by atoms with Crippen LogP contribution < -0.4 is 0 Å². The average Bonchev–Trinajstić information content (AvgIpc) is 3.01. The molecule has 0 bridgehead atoms. The van der Waals surface area contributed by atoms with Crippen LogP contribution >= 0.6 is 0 Å². The highest BCUT2D eigenvalue weighted by atomic mass is 15.2. The highest BCUT2D eigenvalue weighted by Crippen LogP contribution is 2.32. The van der Waals surface area contributed by atoms with E-state index in [0.29, 0.717) is 0 Å². The molecule has 0 amide bonds. The molecule has 0 spiro atoms. The molecule has 2 fully saturated rings. The highest BCUT2D eigenvalue weighted by molar-refractivity contribution is 5.21. The Kier molecular flexibility index (Phi) is 2.96. The summed E-state index contributed by atoms with van der Waals surface area (Å²) in [5.41, 5.74) is 1.54. The second kappa shape index (κ2) is 4.58. The van der Waals surface area contributed by atoms with Crippen LogP contribution in [0, 0.1) is 0 Å². The van der Waals surface area contributed by atoms with Crippen molar-refractivity contribution in [2.24, 2.45) is 0 Å². The third-order valence-electron chi connectivity index (χ3n) is 4.33. The maximum absolute atomic E-state index is 2.74. The van der Waals surface area contributed by atoms with Crippen LogP contribution in [0.3, 0.4) is 0 Å². The maximum atomic E-state index is 2.74. The van der Waals surface area contributed by atoms with E-state index < -0.39 is 0 Å².